The van der Waals surface area contributed by atoms with Gasteiger partial charge in [0.05, 0.1) is 17.8 Å². The van der Waals surface area contributed by atoms with E-state index in [0.29, 0.717) is 16.3 Å². The van der Waals surface area contributed by atoms with E-state index in [9.17, 15) is 14.9 Å². The van der Waals surface area contributed by atoms with Crippen LogP contribution in [0.25, 0.3) is 0 Å². The van der Waals surface area contributed by atoms with Crippen molar-refractivity contribution in [2.75, 3.05) is 0 Å². The van der Waals surface area contributed by atoms with E-state index in [1.165, 1.54) is 29.6 Å². The molecule has 2 heterocycles. The first kappa shape index (κ1) is 18.9. The summed E-state index contributed by atoms with van der Waals surface area (Å²) in [4.78, 5) is 29.0. The largest absolute Gasteiger partial charge is 0.433 e. The molecule has 148 valence electrons. The van der Waals surface area contributed by atoms with E-state index in [2.05, 4.69) is 10.3 Å². The molecule has 7 nitrogen and oxygen atoms in total. The molecule has 1 N–H and O–H groups in total. The maximum Gasteiger partial charge on any atom is 0.433 e. The maximum absolute atomic E-state index is 13.1. The van der Waals surface area contributed by atoms with Gasteiger partial charge in [-0.15, -0.1) is 11.3 Å². The molecule has 1 fully saturated rings. The zero-order valence-electron chi connectivity index (χ0n) is 15.6. The molecule has 2 aromatic heterocycles. The summed E-state index contributed by atoms with van der Waals surface area (Å²) in [6, 6.07) is 3.05. The van der Waals surface area contributed by atoms with E-state index in [1.54, 1.807) is 11.3 Å². The number of fused-ring (bicyclic) bond motifs is 1. The van der Waals surface area contributed by atoms with Crippen molar-refractivity contribution in [1.29, 1.82) is 0 Å². The van der Waals surface area contributed by atoms with Crippen molar-refractivity contribution in [2.45, 2.75) is 63.8 Å². The van der Waals surface area contributed by atoms with E-state index in [4.69, 9.17) is 4.42 Å². The number of amides is 1. The van der Waals surface area contributed by atoms with Crippen LogP contribution in [0.3, 0.4) is 0 Å². The van der Waals surface area contributed by atoms with Crippen LogP contribution in [-0.2, 0) is 12.8 Å². The molecular formula is C20H23N3O4S. The lowest BCUT2D eigenvalue weighted by molar-refractivity contribution is -0.402. The summed E-state index contributed by atoms with van der Waals surface area (Å²) >= 11 is 1.55. The van der Waals surface area contributed by atoms with E-state index < -0.39 is 4.92 Å². The highest BCUT2D eigenvalue weighted by Crippen LogP contribution is 2.40. The average Bonchev–Trinajstić information content (AvgIpc) is 3.31. The normalized spacial score (nSPS) is 17.6. The van der Waals surface area contributed by atoms with Gasteiger partial charge >= 0.3 is 5.88 Å². The molecule has 0 radical (unpaired) electrons. The smallest absolute Gasteiger partial charge is 0.400 e. The molecule has 2 aliphatic rings. The number of aliphatic imine (C=N–C) groups is 1. The summed E-state index contributed by atoms with van der Waals surface area (Å²) in [5, 5.41) is 14.6. The summed E-state index contributed by atoms with van der Waals surface area (Å²) in [5.74, 6) is -0.0530. The molecule has 0 atom stereocenters. The number of nitrogens with one attached hydrogen (secondary N) is 1. The number of nitro groups is 1. The molecule has 8 heteroatoms. The Hall–Kier alpha value is -2.48. The zero-order valence-corrected chi connectivity index (χ0v) is 16.4. The second-order valence-corrected chi connectivity index (χ2v) is 8.47. The second kappa shape index (κ2) is 8.26. The Morgan fingerprint density at radius 2 is 2.00 bits per heavy atom. The lowest BCUT2D eigenvalue weighted by Gasteiger charge is -2.23. The van der Waals surface area contributed by atoms with Gasteiger partial charge in [-0.25, -0.2) is 4.99 Å². The fourth-order valence-corrected chi connectivity index (χ4v) is 5.24. The van der Waals surface area contributed by atoms with E-state index in [1.807, 2.05) is 0 Å². The predicted molar refractivity (Wildman–Crippen MR) is 108 cm³/mol. The molecule has 0 aliphatic heterocycles. The topological polar surface area (TPSA) is 97.7 Å². The highest BCUT2D eigenvalue weighted by atomic mass is 32.1. The fraction of sp³-hybridized carbons (Fsp3) is 0.500. The van der Waals surface area contributed by atoms with Crippen molar-refractivity contribution in [2.24, 2.45) is 4.99 Å². The first-order valence-electron chi connectivity index (χ1n) is 9.85. The Balaban J connectivity index is 1.60. The summed E-state index contributed by atoms with van der Waals surface area (Å²) in [6.07, 6.45) is 11.2. The monoisotopic (exact) mass is 401 g/mol. The molecule has 1 amide bonds. The minimum atomic E-state index is -0.579. The van der Waals surface area contributed by atoms with Gasteiger partial charge in [0.25, 0.3) is 5.91 Å². The quantitative estimate of drug-likeness (QED) is 0.436. The third-order valence-corrected chi connectivity index (χ3v) is 6.62. The molecule has 2 aromatic rings. The van der Waals surface area contributed by atoms with E-state index in [0.717, 1.165) is 56.9 Å². The number of hydrogen-bond donors (Lipinski definition) is 1. The van der Waals surface area contributed by atoms with Crippen molar-refractivity contribution in [3.8, 4) is 0 Å². The van der Waals surface area contributed by atoms with Gasteiger partial charge in [-0.05, 0) is 50.2 Å². The number of furan rings is 1. The van der Waals surface area contributed by atoms with Crippen molar-refractivity contribution in [3.63, 3.8) is 0 Å². The Morgan fingerprint density at radius 3 is 2.75 bits per heavy atom. The first-order chi connectivity index (χ1) is 13.6. The Bertz CT molecular complexity index is 909. The summed E-state index contributed by atoms with van der Waals surface area (Å²) in [5.41, 5.74) is 1.81. The lowest BCUT2D eigenvalue weighted by atomic mass is 9.93. The van der Waals surface area contributed by atoms with E-state index >= 15 is 0 Å². The van der Waals surface area contributed by atoms with Gasteiger partial charge in [0.15, 0.2) is 5.76 Å². The SMILES string of the molecule is O=C(NC1CCCCC1)c1c(/N=C\c2ccc([N+](=O)[O-])o2)sc2c1CCCC2. The lowest BCUT2D eigenvalue weighted by Crippen LogP contribution is -2.36. The molecule has 4 rings (SSSR count). The van der Waals surface area contributed by atoms with Gasteiger partial charge in [0.1, 0.15) is 9.92 Å². The van der Waals surface area contributed by atoms with Gasteiger partial charge in [-0.2, -0.15) is 0 Å². The number of hydrogen-bond acceptors (Lipinski definition) is 6. The zero-order chi connectivity index (χ0) is 19.5. The summed E-state index contributed by atoms with van der Waals surface area (Å²) in [7, 11) is 0. The average molecular weight is 401 g/mol. The van der Waals surface area contributed by atoms with E-state index in [-0.39, 0.29) is 17.8 Å². The van der Waals surface area contributed by atoms with Gasteiger partial charge < -0.3 is 9.73 Å². The number of carbonyl (C=O) groups is 1. The highest BCUT2D eigenvalue weighted by Gasteiger charge is 2.27. The Morgan fingerprint density at radius 1 is 1.21 bits per heavy atom. The Kier molecular flexibility index (Phi) is 5.57. The van der Waals surface area contributed by atoms with Crippen LogP contribution in [0, 0.1) is 10.1 Å². The third-order valence-electron chi connectivity index (χ3n) is 5.42. The Labute approximate surface area is 167 Å². The van der Waals surface area contributed by atoms with Crippen LogP contribution in [0.5, 0.6) is 0 Å². The van der Waals surface area contributed by atoms with Gasteiger partial charge in [0, 0.05) is 10.9 Å². The molecule has 28 heavy (non-hydrogen) atoms. The van der Waals surface area contributed by atoms with Crippen LogP contribution in [0.4, 0.5) is 10.9 Å². The van der Waals surface area contributed by atoms with Crippen molar-refractivity contribution < 1.29 is 14.1 Å². The summed E-state index contributed by atoms with van der Waals surface area (Å²) in [6.45, 7) is 0. The molecule has 0 aromatic carbocycles. The number of thiophene rings is 1. The second-order valence-electron chi connectivity index (χ2n) is 7.39. The molecule has 0 unspecified atom stereocenters. The first-order valence-corrected chi connectivity index (χ1v) is 10.7. The summed E-state index contributed by atoms with van der Waals surface area (Å²) < 4.78 is 5.15. The van der Waals surface area contributed by atoms with Crippen molar-refractivity contribution >= 4 is 34.3 Å². The van der Waals surface area contributed by atoms with Crippen LogP contribution in [0.2, 0.25) is 0 Å². The highest BCUT2D eigenvalue weighted by molar-refractivity contribution is 7.16. The van der Waals surface area contributed by atoms with Gasteiger partial charge in [-0.1, -0.05) is 19.3 Å². The van der Waals surface area contributed by atoms with Gasteiger partial charge in [-0.3, -0.25) is 14.9 Å². The van der Waals surface area contributed by atoms with Crippen LogP contribution >= 0.6 is 11.3 Å². The fourth-order valence-electron chi connectivity index (χ4n) is 4.01. The number of aryl methyl sites for hydroxylation is 1. The maximum atomic E-state index is 13.1. The third kappa shape index (κ3) is 4.01. The minimum Gasteiger partial charge on any atom is -0.400 e. The molecule has 2 aliphatic carbocycles. The standard InChI is InChI=1S/C20H23N3O4S/c24-19(22-13-6-2-1-3-7-13)18-15-8-4-5-9-16(15)28-20(18)21-12-14-10-11-17(27-14)23(25)26/h10-13H,1-9H2,(H,22,24)/b21-12-. The van der Waals surface area contributed by atoms with Crippen LogP contribution in [-0.4, -0.2) is 23.1 Å². The van der Waals surface area contributed by atoms with Crippen molar-refractivity contribution in [3.05, 3.63) is 44.0 Å². The molecule has 1 saturated carbocycles. The molecular weight excluding hydrogens is 378 g/mol. The predicted octanol–water partition coefficient (Wildman–Crippen LogP) is 4.94. The molecule has 0 spiro atoms. The van der Waals surface area contributed by atoms with Crippen molar-refractivity contribution in [1.82, 2.24) is 5.32 Å². The number of carbonyl (C=O) groups excluding carboxylic acids is 1. The number of rotatable bonds is 5. The van der Waals surface area contributed by atoms with Crippen LogP contribution in [0.15, 0.2) is 21.5 Å². The van der Waals surface area contributed by atoms with Gasteiger partial charge in [0.2, 0.25) is 0 Å². The van der Waals surface area contributed by atoms with Crippen LogP contribution < -0.4 is 5.32 Å². The molecule has 0 bridgehead atoms. The molecule has 0 saturated heterocycles. The van der Waals surface area contributed by atoms with Crippen LogP contribution in [0.1, 0.15) is 71.5 Å². The number of nitrogens with zero attached hydrogens (tertiary/aromatic N) is 2. The minimum absolute atomic E-state index is 0.0381.